The van der Waals surface area contributed by atoms with Crippen molar-refractivity contribution in [2.75, 3.05) is 0 Å². The van der Waals surface area contributed by atoms with Crippen molar-refractivity contribution in [1.82, 2.24) is 80.0 Å². The molecule has 0 saturated heterocycles. The number of H-pyrrole nitrogens is 4. The van der Waals surface area contributed by atoms with Crippen molar-refractivity contribution in [3.8, 4) is 0 Å². The number of rotatable bonds is 0. The summed E-state index contributed by atoms with van der Waals surface area (Å²) >= 11 is 6.13. The van der Waals surface area contributed by atoms with E-state index in [1.54, 1.807) is 121 Å². The third-order valence-corrected chi connectivity index (χ3v) is 6.55. The highest BCUT2D eigenvalue weighted by molar-refractivity contribution is 7.07. The second-order valence-corrected chi connectivity index (χ2v) is 11.5. The predicted molar refractivity (Wildman–Crippen MR) is 615 cm³/mol. The van der Waals surface area contributed by atoms with Crippen LogP contribution in [0.5, 0.6) is 0 Å². The van der Waals surface area contributed by atoms with E-state index >= 15 is 0 Å². The number of thiophene rings is 1. The molecule has 0 amide bonds. The molecule has 4 N–H and O–H groups in total. The summed E-state index contributed by atoms with van der Waals surface area (Å²) in [6.45, 7) is 136. The fraction of sp³-hybridized carbons (Fsp3) is 0.654. The highest BCUT2D eigenvalue weighted by Gasteiger charge is 1.65. The van der Waals surface area contributed by atoms with Gasteiger partial charge in [-0.15, -0.1) is 21.5 Å². The molecule has 0 saturated carbocycles. The maximum Gasteiger partial charge on any atom is 0.180 e. The van der Waals surface area contributed by atoms with Gasteiger partial charge in [0, 0.05) is 71.0 Å². The van der Waals surface area contributed by atoms with E-state index in [1.165, 1.54) is 54.4 Å². The Bertz CT molecular complexity index is 1360. The van der Waals surface area contributed by atoms with Gasteiger partial charge in [-0.3, -0.25) is 10.1 Å². The number of imidazole rings is 1. The molecule has 0 bridgehead atoms. The molecule has 128 heavy (non-hydrogen) atoms. The van der Waals surface area contributed by atoms with Crippen molar-refractivity contribution in [2.24, 2.45) is 0 Å². The Labute approximate surface area is 826 Å². The molecular formula is C104H244N16O4S4. The SMILES string of the molecule is CC.CC.CC.CC.CC.CC.CC.CC.CC.CC.CC.CC.CC.CC.CC.CC.CC.CC.CC.CC.CC.CC.CC.CC.CC.CC.CC.CC.CC.CC.CC.CC.CC.CC.c1c[nH]cn1.c1cc[nH]c1.c1ccoc1.c1ccsc1.c1cn[nH]c1.c1cn[nH]n1.c1cnoc1.c1cnsc1.c1cocn1.c1conn1.c1cscn1.c1csnn1. The number of aromatic nitrogens is 16. The van der Waals surface area contributed by atoms with Crippen molar-refractivity contribution < 1.29 is 17.9 Å². The first kappa shape index (κ1) is 230. The van der Waals surface area contributed by atoms with Crippen LogP contribution in [0.15, 0.2) is 236 Å². The lowest BCUT2D eigenvalue weighted by atomic mass is 10.7. The molecule has 0 fully saturated rings. The number of nitrogens with one attached hydrogen (secondary N) is 4. The second kappa shape index (κ2) is 611. The highest BCUT2D eigenvalue weighted by atomic mass is 32.1. The minimum atomic E-state index is 1.35. The van der Waals surface area contributed by atoms with Gasteiger partial charge < -0.3 is 27.8 Å². The summed E-state index contributed by atoms with van der Waals surface area (Å²) in [7, 11) is 0. The molecule has 12 heterocycles. The van der Waals surface area contributed by atoms with Crippen LogP contribution in [0, 0.1) is 0 Å². The fourth-order valence-corrected chi connectivity index (χ4v) is 3.73. The largest absolute Gasteiger partial charge is 0.473 e. The second-order valence-electron chi connectivity index (χ2n) is 8.56. The van der Waals surface area contributed by atoms with Crippen molar-refractivity contribution in [2.45, 2.75) is 471 Å². The van der Waals surface area contributed by atoms with Crippen LogP contribution in [0.3, 0.4) is 0 Å². The van der Waals surface area contributed by atoms with Gasteiger partial charge in [-0.25, -0.2) is 14.3 Å². The number of aromatic amines is 4. The van der Waals surface area contributed by atoms with E-state index in [9.17, 15) is 0 Å². The molecule has 0 atom stereocenters. The summed E-state index contributed by atoms with van der Waals surface area (Å²) in [6.07, 6.45) is 34.3. The van der Waals surface area contributed by atoms with Crippen LogP contribution >= 0.6 is 45.7 Å². The Balaban J connectivity index is -0.0000000223. The number of hydrogen-bond acceptors (Lipinski definition) is 20. The number of nitrogens with zero attached hydrogens (tertiary/aromatic N) is 12. The summed E-state index contributed by atoms with van der Waals surface area (Å²) in [6, 6.07) is 17.1. The predicted octanol–water partition coefficient (Wildman–Crippen LogP) is 43.8. The van der Waals surface area contributed by atoms with Gasteiger partial charge >= 0.3 is 0 Å². The summed E-state index contributed by atoms with van der Waals surface area (Å²) in [5.41, 5.74) is 1.79. The monoisotopic (exact) mass is 1910 g/mol. The van der Waals surface area contributed by atoms with Crippen LogP contribution in [0.2, 0.25) is 0 Å². The van der Waals surface area contributed by atoms with Gasteiger partial charge in [0.25, 0.3) is 0 Å². The van der Waals surface area contributed by atoms with Gasteiger partial charge in [-0.1, -0.05) is 493 Å². The Morgan fingerprint density at radius 3 is 0.727 bits per heavy atom. The molecule has 20 nitrogen and oxygen atoms in total. The number of furan rings is 1. The third kappa shape index (κ3) is 596. The van der Waals surface area contributed by atoms with Gasteiger partial charge in [0.05, 0.1) is 61.5 Å². The zero-order valence-corrected chi connectivity index (χ0v) is 103. The Kier molecular flexibility index (Phi) is 1100. The molecule has 12 rings (SSSR count). The zero-order chi connectivity index (χ0) is 110. The zero-order valence-electron chi connectivity index (χ0n) is 99.4. The molecule has 0 aliphatic heterocycles. The fourth-order valence-electron chi connectivity index (χ4n) is 2.30. The quantitative estimate of drug-likeness (QED) is 0.110. The lowest BCUT2D eigenvalue weighted by Crippen LogP contribution is -1.61. The van der Waals surface area contributed by atoms with Crippen LogP contribution in [-0.2, 0) is 0 Å². The third-order valence-electron chi connectivity index (χ3n) is 4.44. The number of hydrogen-bond donors (Lipinski definition) is 4. The van der Waals surface area contributed by atoms with Crippen molar-refractivity contribution in [3.63, 3.8) is 0 Å². The maximum absolute atomic E-state index is 4.58. The Morgan fingerprint density at radius 2 is 0.633 bits per heavy atom. The van der Waals surface area contributed by atoms with E-state index < -0.39 is 0 Å². The molecule has 0 aliphatic rings. The molecule has 0 aliphatic carbocycles. The summed E-state index contributed by atoms with van der Waals surface area (Å²) in [5, 5.41) is 38.5. The topological polar surface area (TPSA) is 270 Å². The summed E-state index contributed by atoms with van der Waals surface area (Å²) in [5.74, 6) is 0. The molecule has 0 aromatic carbocycles. The molecule has 788 valence electrons. The van der Waals surface area contributed by atoms with Crippen molar-refractivity contribution >= 4 is 45.7 Å². The van der Waals surface area contributed by atoms with Gasteiger partial charge in [0.1, 0.15) is 18.8 Å². The molecule has 24 heteroatoms. The van der Waals surface area contributed by atoms with E-state index in [-0.39, 0.29) is 0 Å². The lowest BCUT2D eigenvalue weighted by Gasteiger charge is -1.50. The maximum atomic E-state index is 4.58. The van der Waals surface area contributed by atoms with Crippen LogP contribution in [0.1, 0.15) is 471 Å². The van der Waals surface area contributed by atoms with E-state index in [0.717, 1.165) is 0 Å². The van der Waals surface area contributed by atoms with Gasteiger partial charge in [-0.05, 0) is 76.3 Å². The Hall–Kier alpha value is -7.80. The van der Waals surface area contributed by atoms with Crippen LogP contribution in [0.4, 0.5) is 0 Å². The Morgan fingerprint density at radius 1 is 0.227 bits per heavy atom. The van der Waals surface area contributed by atoms with E-state index in [0.29, 0.717) is 0 Å². The lowest BCUT2D eigenvalue weighted by molar-refractivity contribution is 0.393. The number of oxazole rings is 1. The highest BCUT2D eigenvalue weighted by Crippen LogP contribution is 1.91. The molecule has 0 spiro atoms. The first-order valence-electron chi connectivity index (χ1n) is 50.4. The number of thiazole rings is 1. The van der Waals surface area contributed by atoms with E-state index in [1.807, 2.05) is 559 Å². The first-order valence-corrected chi connectivity index (χ1v) is 54.0. The molecular weight excluding hydrogens is 1670 g/mol. The average molecular weight is 1910 g/mol. The first-order chi connectivity index (χ1) is 64.0. The van der Waals surface area contributed by atoms with Gasteiger partial charge in [0.2, 0.25) is 0 Å². The minimum Gasteiger partial charge on any atom is -0.473 e. The standard InChI is InChI=1S/C4H5N.C4H4O.C4H4S.2C3H4N2.2C3H3NO.2C3H3NS.C2H3N3.C2H2N2O.C2H2N2S.34C2H6/c3*1-2-4-5-3-1;1-2-5-3-4-1;1-2-4-5-3-1;1-2-5-3-4-1;1-2-4-5-3-1;1-2-5-3-4-1;2*1-2-4-5-3-1;2*1-2-5-4-3-1;34*1-2/h1-5H;2*1-4H;2*1-3H,(H,4,5);4*1-3H;1-2H,(H,3,4,5);2*1-2H;34*1-2H3. The molecule has 0 unspecified atom stereocenters. The average Bonchev–Trinajstić information content (AvgIpc) is 2.41. The summed E-state index contributed by atoms with van der Waals surface area (Å²) < 4.78 is 24.9. The smallest absolute Gasteiger partial charge is 0.180 e. The van der Waals surface area contributed by atoms with E-state index in [4.69, 9.17) is 0 Å². The van der Waals surface area contributed by atoms with Crippen molar-refractivity contribution in [1.29, 1.82) is 0 Å². The minimum absolute atomic E-state index is 1.35. The molecule has 12 aromatic heterocycles. The van der Waals surface area contributed by atoms with Gasteiger partial charge in [0.15, 0.2) is 6.39 Å². The van der Waals surface area contributed by atoms with Crippen LogP contribution < -0.4 is 0 Å². The van der Waals surface area contributed by atoms with Crippen molar-refractivity contribution in [3.05, 3.63) is 218 Å². The molecule has 0 radical (unpaired) electrons. The summed E-state index contributed by atoms with van der Waals surface area (Å²) in [4.78, 5) is 16.6. The van der Waals surface area contributed by atoms with Crippen LogP contribution in [-0.4, -0.2) is 80.0 Å². The van der Waals surface area contributed by atoms with Gasteiger partial charge in [-0.2, -0.15) is 31.8 Å². The normalized spacial score (nSPS) is 5.34. The van der Waals surface area contributed by atoms with Crippen LogP contribution in [0.25, 0.3) is 0 Å². The van der Waals surface area contributed by atoms with E-state index in [2.05, 4.69) is 97.9 Å². The molecule has 12 aromatic rings.